The highest BCUT2D eigenvalue weighted by molar-refractivity contribution is 7.22. The molecule has 1 aliphatic rings. The number of nitrogens with zero attached hydrogens (tertiary/aromatic N) is 6. The number of hydrogen-bond acceptors (Lipinski definition) is 9. The van der Waals surface area contributed by atoms with Crippen LogP contribution in [0, 0.1) is 11.6 Å². The molecule has 0 spiro atoms. The molecule has 1 amide bonds. The number of alkyl halides is 5. The Morgan fingerprint density at radius 3 is 2.46 bits per heavy atom. The van der Waals surface area contributed by atoms with Crippen LogP contribution in [-0.2, 0) is 36.9 Å². The van der Waals surface area contributed by atoms with Gasteiger partial charge < -0.3 is 21.5 Å². The Kier molecular flexibility index (Phi) is 9.72. The summed E-state index contributed by atoms with van der Waals surface area (Å²) in [6.07, 6.45) is -6.31. The number of nitrogen functional groups attached to an aromatic ring is 1. The van der Waals surface area contributed by atoms with Gasteiger partial charge in [-0.15, -0.1) is 0 Å². The molecule has 296 valence electrons. The molecule has 0 unspecified atom stereocenters. The van der Waals surface area contributed by atoms with Gasteiger partial charge in [0.25, 0.3) is 5.92 Å². The van der Waals surface area contributed by atoms with E-state index in [-0.39, 0.29) is 40.7 Å². The maximum Gasteiger partial charge on any atom is 0.435 e. The van der Waals surface area contributed by atoms with Gasteiger partial charge in [0.15, 0.2) is 22.3 Å². The molecule has 2 aromatic carbocycles. The Balaban J connectivity index is 1.39. The van der Waals surface area contributed by atoms with E-state index in [1.807, 2.05) is 0 Å². The molecule has 56 heavy (non-hydrogen) atoms. The number of aryl methyl sites for hydroxylation is 1. The monoisotopic (exact) mass is 823 g/mol. The molecule has 20 heteroatoms. The van der Waals surface area contributed by atoms with Crippen molar-refractivity contribution in [2.75, 3.05) is 17.6 Å². The highest BCUT2D eigenvalue weighted by Crippen LogP contribution is 2.52. The molecule has 5 N–H and O–H groups in total. The number of thiazole rings is 1. The molecule has 0 bridgehead atoms. The number of hydrogen-bond donors (Lipinski definition) is 4. The van der Waals surface area contributed by atoms with Crippen molar-refractivity contribution in [1.29, 1.82) is 0 Å². The number of carbonyl (C=O) groups is 1. The van der Waals surface area contributed by atoms with Crippen LogP contribution in [0.15, 0.2) is 36.4 Å². The zero-order valence-corrected chi connectivity index (χ0v) is 31.6. The van der Waals surface area contributed by atoms with Crippen LogP contribution in [0.5, 0.6) is 0 Å². The summed E-state index contributed by atoms with van der Waals surface area (Å²) in [5, 5.41) is 24.8. The van der Waals surface area contributed by atoms with Crippen molar-refractivity contribution in [3.63, 3.8) is 0 Å². The van der Waals surface area contributed by atoms with Crippen LogP contribution in [0.25, 0.3) is 32.4 Å². The number of pyridine rings is 1. The van der Waals surface area contributed by atoms with E-state index in [9.17, 15) is 31.9 Å². The standard InChI is InChI=1S/C36H33ClF7N9O2S/c1-15-12-35(40,41)30-25(15)29(36(42,43)44)50-53(30)13-24(54)47-22(9-16-7-17(38)10-18(39)8-16)27-20(19-5-6-21(37)26-28(19)52(4)51-31(26)45)11-23-32(48-27)49-33(56-23)46-14-34(2,3)55/h5-8,10-11,15,22,55H,9,12-14H2,1-4H3,(H2,45,51)(H,47,54)(H,46,48,49)/t15-,22-/m0/s1. The number of rotatable bonds is 10. The molecule has 0 saturated heterocycles. The first-order chi connectivity index (χ1) is 26.1. The molecule has 0 fully saturated rings. The Bertz CT molecular complexity index is 2510. The Labute approximate surface area is 322 Å². The van der Waals surface area contributed by atoms with E-state index in [4.69, 9.17) is 22.3 Å². The number of benzene rings is 2. The quantitative estimate of drug-likeness (QED) is 0.102. The summed E-state index contributed by atoms with van der Waals surface area (Å²) in [6, 6.07) is 6.34. The van der Waals surface area contributed by atoms with Gasteiger partial charge in [-0.1, -0.05) is 35.9 Å². The van der Waals surface area contributed by atoms with Crippen molar-refractivity contribution in [3.05, 3.63) is 81.3 Å². The summed E-state index contributed by atoms with van der Waals surface area (Å²) in [5.41, 5.74) is 3.47. The van der Waals surface area contributed by atoms with Crippen molar-refractivity contribution >= 4 is 61.0 Å². The summed E-state index contributed by atoms with van der Waals surface area (Å²) >= 11 is 7.74. The SMILES string of the molecule is C[C@H]1CC(F)(F)c2c1c(C(F)(F)F)nn2CC(=O)N[C@@H](Cc1cc(F)cc(F)c1)c1nc2nc(NCC(C)(C)O)sc2cc1-c1ccc(Cl)c2c(N)nn(C)c12. The largest absolute Gasteiger partial charge is 0.435 e. The van der Waals surface area contributed by atoms with E-state index in [1.165, 1.54) is 22.9 Å². The number of aliphatic hydroxyl groups is 1. The lowest BCUT2D eigenvalue weighted by Crippen LogP contribution is -2.35. The zero-order chi connectivity index (χ0) is 40.6. The Hall–Kier alpha value is -5.01. The molecular formula is C36H33ClF7N9O2S. The minimum atomic E-state index is -5.08. The third-order valence-corrected chi connectivity index (χ3v) is 10.6. The molecule has 2 atom stereocenters. The van der Waals surface area contributed by atoms with Gasteiger partial charge >= 0.3 is 6.18 Å². The average Bonchev–Trinajstić information content (AvgIpc) is 3.80. The Morgan fingerprint density at radius 2 is 1.80 bits per heavy atom. The van der Waals surface area contributed by atoms with Gasteiger partial charge in [0, 0.05) is 42.8 Å². The minimum absolute atomic E-state index is 0.0529. The number of amides is 1. The predicted octanol–water partition coefficient (Wildman–Crippen LogP) is 7.86. The fourth-order valence-corrected chi connectivity index (χ4v) is 8.24. The van der Waals surface area contributed by atoms with Gasteiger partial charge in [-0.05, 0) is 56.0 Å². The molecular weight excluding hydrogens is 791 g/mol. The number of aromatic nitrogens is 6. The van der Waals surface area contributed by atoms with Gasteiger partial charge in [-0.3, -0.25) is 14.2 Å². The molecule has 0 aliphatic heterocycles. The van der Waals surface area contributed by atoms with Crippen molar-refractivity contribution in [2.24, 2.45) is 7.05 Å². The van der Waals surface area contributed by atoms with Crippen molar-refractivity contribution in [3.8, 4) is 11.1 Å². The lowest BCUT2D eigenvalue weighted by Gasteiger charge is -2.23. The summed E-state index contributed by atoms with van der Waals surface area (Å²) in [7, 11) is 1.62. The molecule has 0 saturated carbocycles. The van der Waals surface area contributed by atoms with Crippen LogP contribution in [-0.4, -0.2) is 52.7 Å². The average molecular weight is 824 g/mol. The second-order valence-electron chi connectivity index (χ2n) is 14.4. The van der Waals surface area contributed by atoms with E-state index in [0.717, 1.165) is 12.1 Å². The summed E-state index contributed by atoms with van der Waals surface area (Å²) in [4.78, 5) is 23.3. The van der Waals surface area contributed by atoms with E-state index in [1.54, 1.807) is 39.1 Å². The zero-order valence-electron chi connectivity index (χ0n) is 30.0. The highest BCUT2D eigenvalue weighted by Gasteiger charge is 2.53. The number of halogens is 8. The number of nitrogens with one attached hydrogen (secondary N) is 2. The van der Waals surface area contributed by atoms with Crippen LogP contribution in [0.2, 0.25) is 5.02 Å². The lowest BCUT2D eigenvalue weighted by molar-refractivity contribution is -0.142. The molecule has 4 aromatic heterocycles. The topological polar surface area (TPSA) is 149 Å². The fourth-order valence-electron chi connectivity index (χ4n) is 7.14. The number of fused-ring (bicyclic) bond motifs is 3. The normalized spacial score (nSPS) is 16.1. The third kappa shape index (κ3) is 7.46. The van der Waals surface area contributed by atoms with Crippen molar-refractivity contribution < 1.29 is 40.6 Å². The first-order valence-electron chi connectivity index (χ1n) is 17.1. The van der Waals surface area contributed by atoms with E-state index < -0.39 is 77.1 Å². The highest BCUT2D eigenvalue weighted by atomic mass is 35.5. The van der Waals surface area contributed by atoms with E-state index in [2.05, 4.69) is 25.8 Å². The number of carbonyl (C=O) groups excluding carboxylic acids is 1. The first-order valence-corrected chi connectivity index (χ1v) is 18.3. The molecule has 4 heterocycles. The summed E-state index contributed by atoms with van der Waals surface area (Å²) in [6.45, 7) is 3.48. The van der Waals surface area contributed by atoms with Crippen LogP contribution < -0.4 is 16.4 Å². The van der Waals surface area contributed by atoms with Gasteiger partial charge in [0.2, 0.25) is 5.91 Å². The van der Waals surface area contributed by atoms with Crippen LogP contribution >= 0.6 is 22.9 Å². The van der Waals surface area contributed by atoms with Gasteiger partial charge in [-0.2, -0.15) is 32.1 Å². The lowest BCUT2D eigenvalue weighted by atomic mass is 9.94. The molecule has 7 rings (SSSR count). The molecule has 6 aromatic rings. The third-order valence-electron chi connectivity index (χ3n) is 9.32. The molecule has 11 nitrogen and oxygen atoms in total. The minimum Gasteiger partial charge on any atom is -0.389 e. The van der Waals surface area contributed by atoms with Crippen LogP contribution in [0.3, 0.4) is 0 Å². The smallest absolute Gasteiger partial charge is 0.389 e. The number of nitrogens with two attached hydrogens (primary N) is 1. The number of anilines is 2. The first kappa shape index (κ1) is 39.2. The summed E-state index contributed by atoms with van der Waals surface area (Å²) < 4.78 is 104. The van der Waals surface area contributed by atoms with E-state index >= 15 is 8.78 Å². The molecule has 0 radical (unpaired) electrons. The van der Waals surface area contributed by atoms with Crippen molar-refractivity contribution in [2.45, 2.75) is 69.8 Å². The van der Waals surface area contributed by atoms with E-state index in [0.29, 0.717) is 42.6 Å². The fraction of sp³-hybridized carbons (Fsp3) is 0.361. The van der Waals surface area contributed by atoms with Crippen LogP contribution in [0.4, 0.5) is 41.7 Å². The maximum absolute atomic E-state index is 15.2. The van der Waals surface area contributed by atoms with Crippen LogP contribution in [0.1, 0.15) is 67.4 Å². The second-order valence-corrected chi connectivity index (χ2v) is 15.9. The second kappa shape index (κ2) is 13.9. The molecule has 1 aliphatic carbocycles. The Morgan fingerprint density at radius 1 is 1.11 bits per heavy atom. The van der Waals surface area contributed by atoms with Gasteiger partial charge in [-0.25, -0.2) is 18.7 Å². The van der Waals surface area contributed by atoms with Gasteiger partial charge in [0.1, 0.15) is 23.9 Å². The van der Waals surface area contributed by atoms with Gasteiger partial charge in [0.05, 0.1) is 38.0 Å². The summed E-state index contributed by atoms with van der Waals surface area (Å²) in [5.74, 6) is -7.70. The predicted molar refractivity (Wildman–Crippen MR) is 196 cm³/mol. The maximum atomic E-state index is 15.2. The van der Waals surface area contributed by atoms with Crippen molar-refractivity contribution in [1.82, 2.24) is 34.8 Å².